The highest BCUT2D eigenvalue weighted by Crippen LogP contribution is 2.24. The van der Waals surface area contributed by atoms with Gasteiger partial charge in [-0.25, -0.2) is 0 Å². The highest BCUT2D eigenvalue weighted by atomic mass is 15.2. The molecule has 3 heteroatoms. The third-order valence-electron chi connectivity index (χ3n) is 4.45. The number of nitrogens with zero attached hydrogens (tertiary/aromatic N) is 2. The van der Waals surface area contributed by atoms with Gasteiger partial charge in [0.2, 0.25) is 0 Å². The molecule has 0 atom stereocenters. The lowest BCUT2D eigenvalue weighted by molar-refractivity contribution is 0.158. The van der Waals surface area contributed by atoms with Crippen LogP contribution in [0, 0.1) is 0 Å². The quantitative estimate of drug-likeness (QED) is 0.890. The van der Waals surface area contributed by atoms with Crippen LogP contribution in [0.3, 0.4) is 0 Å². The number of hydrogen-bond acceptors (Lipinski definition) is 3. The van der Waals surface area contributed by atoms with E-state index < -0.39 is 0 Å². The molecule has 104 valence electrons. The molecule has 1 aliphatic heterocycles. The predicted molar refractivity (Wildman–Crippen MR) is 80.9 cm³/mol. The number of aryl methyl sites for hydroxylation is 2. The van der Waals surface area contributed by atoms with Crippen molar-refractivity contribution < 1.29 is 0 Å². The second-order valence-electron chi connectivity index (χ2n) is 5.91. The zero-order valence-corrected chi connectivity index (χ0v) is 12.0. The molecule has 1 N–H and O–H groups in total. The first kappa shape index (κ1) is 12.9. The third kappa shape index (κ3) is 3.28. The minimum absolute atomic E-state index is 1.06. The van der Waals surface area contributed by atoms with Crippen molar-refractivity contribution in [3.63, 3.8) is 0 Å². The number of likely N-dealkylation sites (N-methyl/N-ethyl adjacent to an activating group) is 1. The van der Waals surface area contributed by atoms with Crippen LogP contribution in [0.1, 0.15) is 17.5 Å². The Morgan fingerprint density at radius 1 is 1.05 bits per heavy atom. The monoisotopic (exact) mass is 259 g/mol. The Balaban J connectivity index is 1.45. The van der Waals surface area contributed by atoms with Crippen LogP contribution in [0.15, 0.2) is 18.2 Å². The van der Waals surface area contributed by atoms with Crippen LogP contribution in [0.5, 0.6) is 0 Å². The lowest BCUT2D eigenvalue weighted by Gasteiger charge is -2.32. The molecule has 3 nitrogen and oxygen atoms in total. The zero-order valence-electron chi connectivity index (χ0n) is 12.0. The maximum atomic E-state index is 3.58. The predicted octanol–water partition coefficient (Wildman–Crippen LogP) is 1.83. The first-order chi connectivity index (χ1) is 9.31. The van der Waals surface area contributed by atoms with E-state index in [9.17, 15) is 0 Å². The molecule has 0 spiro atoms. The molecule has 1 aromatic rings. The van der Waals surface area contributed by atoms with Crippen molar-refractivity contribution >= 4 is 5.69 Å². The molecule has 0 aromatic heterocycles. The van der Waals surface area contributed by atoms with Gasteiger partial charge in [0.1, 0.15) is 0 Å². The van der Waals surface area contributed by atoms with Crippen LogP contribution in [0.2, 0.25) is 0 Å². The average molecular weight is 259 g/mol. The van der Waals surface area contributed by atoms with E-state index >= 15 is 0 Å². The summed E-state index contributed by atoms with van der Waals surface area (Å²) in [6.07, 6.45) is 3.88. The molecule has 19 heavy (non-hydrogen) atoms. The fourth-order valence-electron chi connectivity index (χ4n) is 3.11. The van der Waals surface area contributed by atoms with Crippen molar-refractivity contribution in [1.29, 1.82) is 0 Å². The molecular weight excluding hydrogens is 234 g/mol. The van der Waals surface area contributed by atoms with E-state index in [4.69, 9.17) is 0 Å². The molecule has 1 saturated heterocycles. The Kier molecular flexibility index (Phi) is 4.04. The summed E-state index contributed by atoms with van der Waals surface area (Å²) in [5.74, 6) is 0. The Labute approximate surface area is 116 Å². The highest BCUT2D eigenvalue weighted by Gasteiger charge is 2.13. The molecular formula is C16H25N3. The van der Waals surface area contributed by atoms with Crippen molar-refractivity contribution in [3.05, 3.63) is 29.3 Å². The largest absolute Gasteiger partial charge is 0.384 e. The molecule has 0 radical (unpaired) electrons. The van der Waals surface area contributed by atoms with Crippen LogP contribution in [-0.2, 0) is 12.8 Å². The third-order valence-corrected chi connectivity index (χ3v) is 4.45. The normalized spacial score (nSPS) is 20.5. The molecule has 1 aliphatic carbocycles. The van der Waals surface area contributed by atoms with Gasteiger partial charge in [-0.1, -0.05) is 6.07 Å². The van der Waals surface area contributed by atoms with Gasteiger partial charge >= 0.3 is 0 Å². The zero-order chi connectivity index (χ0) is 13.1. The van der Waals surface area contributed by atoms with Crippen LogP contribution in [0.4, 0.5) is 5.69 Å². The molecule has 1 heterocycles. The second kappa shape index (κ2) is 5.93. The number of piperazine rings is 1. The Hall–Kier alpha value is -1.06. The molecule has 0 unspecified atom stereocenters. The Morgan fingerprint density at radius 2 is 1.84 bits per heavy atom. The number of anilines is 1. The summed E-state index contributed by atoms with van der Waals surface area (Å²) >= 11 is 0. The Bertz CT molecular complexity index is 422. The molecule has 1 aromatic carbocycles. The second-order valence-corrected chi connectivity index (χ2v) is 5.91. The summed E-state index contributed by atoms with van der Waals surface area (Å²) in [5.41, 5.74) is 4.42. The molecule has 0 amide bonds. The van der Waals surface area contributed by atoms with E-state index in [0.717, 1.165) is 13.1 Å². The standard InChI is InChI=1S/C16H25N3/c1-18-9-11-19(12-10-18)8-7-17-16-6-5-14-3-2-4-15(14)13-16/h5-6,13,17H,2-4,7-12H2,1H3. The van der Waals surface area contributed by atoms with E-state index in [2.05, 4.69) is 40.4 Å². The first-order valence-corrected chi connectivity index (χ1v) is 7.58. The maximum absolute atomic E-state index is 3.58. The summed E-state index contributed by atoms with van der Waals surface area (Å²) < 4.78 is 0. The highest BCUT2D eigenvalue weighted by molar-refractivity contribution is 5.50. The lowest BCUT2D eigenvalue weighted by Crippen LogP contribution is -2.45. The van der Waals surface area contributed by atoms with E-state index in [1.54, 1.807) is 11.1 Å². The fraction of sp³-hybridized carbons (Fsp3) is 0.625. The average Bonchev–Trinajstić information content (AvgIpc) is 2.88. The van der Waals surface area contributed by atoms with Gasteiger partial charge in [0.15, 0.2) is 0 Å². The lowest BCUT2D eigenvalue weighted by atomic mass is 10.1. The van der Waals surface area contributed by atoms with Gasteiger partial charge in [0, 0.05) is 45.0 Å². The summed E-state index contributed by atoms with van der Waals surface area (Å²) in [7, 11) is 2.21. The Morgan fingerprint density at radius 3 is 2.68 bits per heavy atom. The van der Waals surface area contributed by atoms with Gasteiger partial charge in [0.25, 0.3) is 0 Å². The van der Waals surface area contributed by atoms with Crippen LogP contribution in [-0.4, -0.2) is 56.1 Å². The fourth-order valence-corrected chi connectivity index (χ4v) is 3.11. The van der Waals surface area contributed by atoms with Crippen LogP contribution in [0.25, 0.3) is 0 Å². The van der Waals surface area contributed by atoms with Gasteiger partial charge in [-0.15, -0.1) is 0 Å². The van der Waals surface area contributed by atoms with Crippen molar-refractivity contribution in [2.75, 3.05) is 51.6 Å². The molecule has 1 fully saturated rings. The minimum atomic E-state index is 1.06. The summed E-state index contributed by atoms with van der Waals surface area (Å²) in [4.78, 5) is 4.96. The van der Waals surface area contributed by atoms with Crippen LogP contribution < -0.4 is 5.32 Å². The summed E-state index contributed by atoms with van der Waals surface area (Å²) in [6.45, 7) is 7.05. The van der Waals surface area contributed by atoms with E-state index in [1.165, 1.54) is 51.1 Å². The number of rotatable bonds is 4. The number of fused-ring (bicyclic) bond motifs is 1. The van der Waals surface area contributed by atoms with Crippen molar-refractivity contribution in [2.24, 2.45) is 0 Å². The van der Waals surface area contributed by atoms with E-state index in [-0.39, 0.29) is 0 Å². The van der Waals surface area contributed by atoms with E-state index in [1.807, 2.05) is 0 Å². The number of nitrogens with one attached hydrogen (secondary N) is 1. The number of hydrogen-bond donors (Lipinski definition) is 1. The van der Waals surface area contributed by atoms with Crippen molar-refractivity contribution in [1.82, 2.24) is 9.80 Å². The smallest absolute Gasteiger partial charge is 0.0343 e. The van der Waals surface area contributed by atoms with Gasteiger partial charge in [0.05, 0.1) is 0 Å². The molecule has 3 rings (SSSR count). The van der Waals surface area contributed by atoms with Gasteiger partial charge < -0.3 is 10.2 Å². The van der Waals surface area contributed by atoms with E-state index in [0.29, 0.717) is 0 Å². The van der Waals surface area contributed by atoms with Gasteiger partial charge in [-0.05, 0) is 49.6 Å². The molecule has 0 bridgehead atoms. The van der Waals surface area contributed by atoms with Crippen molar-refractivity contribution in [2.45, 2.75) is 19.3 Å². The number of benzene rings is 1. The topological polar surface area (TPSA) is 18.5 Å². The SMILES string of the molecule is CN1CCN(CCNc2ccc3c(c2)CCC3)CC1. The minimum Gasteiger partial charge on any atom is -0.384 e. The maximum Gasteiger partial charge on any atom is 0.0343 e. The van der Waals surface area contributed by atoms with Gasteiger partial charge in [-0.2, -0.15) is 0 Å². The van der Waals surface area contributed by atoms with Gasteiger partial charge in [-0.3, -0.25) is 4.90 Å². The molecule has 0 saturated carbocycles. The van der Waals surface area contributed by atoms with Crippen molar-refractivity contribution in [3.8, 4) is 0 Å². The first-order valence-electron chi connectivity index (χ1n) is 7.58. The molecule has 2 aliphatic rings. The summed E-state index contributed by atoms with van der Waals surface area (Å²) in [6, 6.07) is 6.90. The summed E-state index contributed by atoms with van der Waals surface area (Å²) in [5, 5.41) is 3.58. The van der Waals surface area contributed by atoms with Crippen LogP contribution >= 0.6 is 0 Å².